The number of para-hydroxylation sites is 1. The van der Waals surface area contributed by atoms with Crippen LogP contribution in [-0.2, 0) is 6.54 Å². The first-order valence-corrected chi connectivity index (χ1v) is 7.43. The van der Waals surface area contributed by atoms with Crippen molar-refractivity contribution in [3.8, 4) is 5.75 Å². The molecule has 1 unspecified atom stereocenters. The molecule has 0 spiro atoms. The highest BCUT2D eigenvalue weighted by atomic mass is 16.5. The fraction of sp³-hybridized carbons (Fsp3) is 0.625. The molecule has 19 heavy (non-hydrogen) atoms. The summed E-state index contributed by atoms with van der Waals surface area (Å²) in [5, 5.41) is 3.58. The van der Waals surface area contributed by atoms with Crippen LogP contribution >= 0.6 is 0 Å². The van der Waals surface area contributed by atoms with Crippen molar-refractivity contribution in [3.05, 3.63) is 29.8 Å². The summed E-state index contributed by atoms with van der Waals surface area (Å²) in [6.45, 7) is 5.95. The molecule has 1 aliphatic heterocycles. The van der Waals surface area contributed by atoms with E-state index in [4.69, 9.17) is 4.74 Å². The third kappa shape index (κ3) is 4.22. The van der Waals surface area contributed by atoms with Crippen LogP contribution < -0.4 is 10.1 Å². The average molecular weight is 262 g/mol. The SMILES string of the molecule is CCOc1ccccc1CNCC1CCCCN1C. The molecule has 2 rings (SSSR count). The van der Waals surface area contributed by atoms with E-state index in [2.05, 4.69) is 29.4 Å². The maximum Gasteiger partial charge on any atom is 0.123 e. The third-order valence-electron chi connectivity index (χ3n) is 3.89. The first-order chi connectivity index (χ1) is 9.31. The lowest BCUT2D eigenvalue weighted by atomic mass is 10.0. The molecule has 3 nitrogen and oxygen atoms in total. The minimum Gasteiger partial charge on any atom is -0.494 e. The second-order valence-electron chi connectivity index (χ2n) is 5.30. The summed E-state index contributed by atoms with van der Waals surface area (Å²) >= 11 is 0. The molecule has 3 heteroatoms. The van der Waals surface area contributed by atoms with Crippen molar-refractivity contribution < 1.29 is 4.74 Å². The number of hydrogen-bond donors (Lipinski definition) is 1. The summed E-state index contributed by atoms with van der Waals surface area (Å²) in [6.07, 6.45) is 4.03. The summed E-state index contributed by atoms with van der Waals surface area (Å²) < 4.78 is 5.65. The molecule has 0 radical (unpaired) electrons. The molecule has 1 aromatic carbocycles. The molecule has 0 bridgehead atoms. The molecule has 0 saturated carbocycles. The van der Waals surface area contributed by atoms with Crippen LogP contribution in [0.15, 0.2) is 24.3 Å². The van der Waals surface area contributed by atoms with Crippen molar-refractivity contribution in [1.82, 2.24) is 10.2 Å². The van der Waals surface area contributed by atoms with Gasteiger partial charge in [-0.15, -0.1) is 0 Å². The average Bonchev–Trinajstić information content (AvgIpc) is 2.43. The van der Waals surface area contributed by atoms with E-state index in [9.17, 15) is 0 Å². The second kappa shape index (κ2) is 7.51. The van der Waals surface area contributed by atoms with Gasteiger partial charge in [0.25, 0.3) is 0 Å². The van der Waals surface area contributed by atoms with E-state index < -0.39 is 0 Å². The van der Waals surface area contributed by atoms with Gasteiger partial charge in [-0.3, -0.25) is 0 Å². The van der Waals surface area contributed by atoms with E-state index in [1.54, 1.807) is 0 Å². The summed E-state index contributed by atoms with van der Waals surface area (Å²) in [5.74, 6) is 1.01. The molecule has 0 aliphatic carbocycles. The third-order valence-corrected chi connectivity index (χ3v) is 3.89. The van der Waals surface area contributed by atoms with Crippen LogP contribution in [0.3, 0.4) is 0 Å². The van der Waals surface area contributed by atoms with Crippen molar-refractivity contribution in [2.24, 2.45) is 0 Å². The lowest BCUT2D eigenvalue weighted by molar-refractivity contribution is 0.181. The van der Waals surface area contributed by atoms with Gasteiger partial charge in [0.15, 0.2) is 0 Å². The Morgan fingerprint density at radius 3 is 2.95 bits per heavy atom. The molecule has 0 amide bonds. The van der Waals surface area contributed by atoms with E-state index in [0.29, 0.717) is 6.04 Å². The molecular formula is C16H26N2O. The van der Waals surface area contributed by atoms with E-state index in [-0.39, 0.29) is 0 Å². The van der Waals surface area contributed by atoms with E-state index in [1.807, 2.05) is 19.1 Å². The van der Waals surface area contributed by atoms with Gasteiger partial charge >= 0.3 is 0 Å². The first kappa shape index (κ1) is 14.4. The second-order valence-corrected chi connectivity index (χ2v) is 5.30. The Bertz CT molecular complexity index is 381. The Kier molecular flexibility index (Phi) is 5.67. The van der Waals surface area contributed by atoms with Crippen molar-refractivity contribution in [1.29, 1.82) is 0 Å². The largest absolute Gasteiger partial charge is 0.494 e. The lowest BCUT2D eigenvalue weighted by Crippen LogP contribution is -2.42. The Morgan fingerprint density at radius 1 is 1.32 bits per heavy atom. The number of ether oxygens (including phenoxy) is 1. The molecule has 1 aromatic rings. The van der Waals surface area contributed by atoms with Crippen molar-refractivity contribution in [3.63, 3.8) is 0 Å². The van der Waals surface area contributed by atoms with Crippen LogP contribution in [0, 0.1) is 0 Å². The highest BCUT2D eigenvalue weighted by molar-refractivity contribution is 5.33. The number of nitrogens with one attached hydrogen (secondary N) is 1. The van der Waals surface area contributed by atoms with E-state index in [0.717, 1.165) is 25.4 Å². The zero-order valence-electron chi connectivity index (χ0n) is 12.2. The summed E-state index contributed by atoms with van der Waals surface area (Å²) in [7, 11) is 2.24. The molecule has 1 N–H and O–H groups in total. The summed E-state index contributed by atoms with van der Waals surface area (Å²) in [4.78, 5) is 2.48. The monoisotopic (exact) mass is 262 g/mol. The minimum atomic E-state index is 0.688. The molecule has 0 aromatic heterocycles. The highest BCUT2D eigenvalue weighted by Gasteiger charge is 2.18. The summed E-state index contributed by atoms with van der Waals surface area (Å²) in [6, 6.07) is 8.99. The Labute approximate surface area is 116 Å². The van der Waals surface area contributed by atoms with Gasteiger partial charge in [-0.05, 0) is 39.4 Å². The predicted octanol–water partition coefficient (Wildman–Crippen LogP) is 2.66. The first-order valence-electron chi connectivity index (χ1n) is 7.43. The number of likely N-dealkylation sites (tertiary alicyclic amines) is 1. The number of likely N-dealkylation sites (N-methyl/N-ethyl adjacent to an activating group) is 1. The van der Waals surface area contributed by atoms with Crippen molar-refractivity contribution in [2.75, 3.05) is 26.7 Å². The van der Waals surface area contributed by atoms with Gasteiger partial charge < -0.3 is 15.0 Å². The highest BCUT2D eigenvalue weighted by Crippen LogP contribution is 2.18. The molecule has 106 valence electrons. The lowest BCUT2D eigenvalue weighted by Gasteiger charge is -2.32. The van der Waals surface area contributed by atoms with Crippen LogP contribution in [0.5, 0.6) is 5.75 Å². The Balaban J connectivity index is 1.81. The van der Waals surface area contributed by atoms with Gasteiger partial charge in [-0.25, -0.2) is 0 Å². The van der Waals surface area contributed by atoms with E-state index >= 15 is 0 Å². The van der Waals surface area contributed by atoms with Crippen LogP contribution in [-0.4, -0.2) is 37.7 Å². The maximum absolute atomic E-state index is 5.65. The van der Waals surface area contributed by atoms with Crippen LogP contribution in [0.2, 0.25) is 0 Å². The number of rotatable bonds is 6. The van der Waals surface area contributed by atoms with Crippen LogP contribution in [0.4, 0.5) is 0 Å². The van der Waals surface area contributed by atoms with Gasteiger partial charge in [0.1, 0.15) is 5.75 Å². The Morgan fingerprint density at radius 2 is 2.16 bits per heavy atom. The predicted molar refractivity (Wildman–Crippen MR) is 79.6 cm³/mol. The number of benzene rings is 1. The topological polar surface area (TPSA) is 24.5 Å². The molecule has 1 heterocycles. The molecule has 1 saturated heterocycles. The summed E-state index contributed by atoms with van der Waals surface area (Å²) in [5.41, 5.74) is 1.25. The quantitative estimate of drug-likeness (QED) is 0.853. The van der Waals surface area contributed by atoms with Gasteiger partial charge in [-0.2, -0.15) is 0 Å². The number of nitrogens with zero attached hydrogens (tertiary/aromatic N) is 1. The number of piperidine rings is 1. The fourth-order valence-corrected chi connectivity index (χ4v) is 2.72. The van der Waals surface area contributed by atoms with Gasteiger partial charge in [0.05, 0.1) is 6.61 Å². The smallest absolute Gasteiger partial charge is 0.123 e. The van der Waals surface area contributed by atoms with Gasteiger partial charge in [0.2, 0.25) is 0 Å². The molecule has 1 fully saturated rings. The molecule has 1 atom stereocenters. The van der Waals surface area contributed by atoms with Crippen molar-refractivity contribution in [2.45, 2.75) is 38.8 Å². The van der Waals surface area contributed by atoms with Crippen LogP contribution in [0.1, 0.15) is 31.7 Å². The van der Waals surface area contributed by atoms with Gasteiger partial charge in [-0.1, -0.05) is 24.6 Å². The fourth-order valence-electron chi connectivity index (χ4n) is 2.72. The standard InChI is InChI=1S/C16H26N2O/c1-3-19-16-10-5-4-8-14(16)12-17-13-15-9-6-7-11-18(15)2/h4-5,8,10,15,17H,3,6-7,9,11-13H2,1-2H3. The zero-order chi connectivity index (χ0) is 13.5. The molecule has 1 aliphatic rings. The molecular weight excluding hydrogens is 236 g/mol. The van der Waals surface area contributed by atoms with Crippen LogP contribution in [0.25, 0.3) is 0 Å². The van der Waals surface area contributed by atoms with Gasteiger partial charge in [0, 0.05) is 24.7 Å². The Hall–Kier alpha value is -1.06. The number of hydrogen-bond acceptors (Lipinski definition) is 3. The van der Waals surface area contributed by atoms with E-state index in [1.165, 1.54) is 31.4 Å². The zero-order valence-corrected chi connectivity index (χ0v) is 12.2. The minimum absolute atomic E-state index is 0.688. The van der Waals surface area contributed by atoms with Crippen molar-refractivity contribution >= 4 is 0 Å². The maximum atomic E-state index is 5.65. The normalized spacial score (nSPS) is 20.4.